The van der Waals surface area contributed by atoms with Crippen LogP contribution >= 0.6 is 0 Å². The number of aromatic hydroxyl groups is 1. The van der Waals surface area contributed by atoms with E-state index in [1.807, 2.05) is 6.07 Å². The first-order valence-electron chi connectivity index (χ1n) is 7.93. The molecule has 0 unspecified atom stereocenters. The van der Waals surface area contributed by atoms with Crippen LogP contribution in [-0.2, 0) is 16.0 Å². The van der Waals surface area contributed by atoms with Crippen LogP contribution in [0.3, 0.4) is 0 Å². The van der Waals surface area contributed by atoms with Crippen LogP contribution < -0.4 is 5.56 Å². The van der Waals surface area contributed by atoms with E-state index in [2.05, 4.69) is 20.4 Å². The molecule has 0 radical (unpaired) electrons. The number of pyridine rings is 1. The molecular weight excluding hydrogens is 356 g/mol. The summed E-state index contributed by atoms with van der Waals surface area (Å²) in [7, 11) is 1.44. The molecule has 0 atom stereocenters. The molecule has 2 heterocycles. The Morgan fingerprint density at radius 3 is 2.85 bits per heavy atom. The highest BCUT2D eigenvalue weighted by Gasteiger charge is 2.20. The molecule has 11 heteroatoms. The average Bonchev–Trinajstić information content (AvgIpc) is 3.11. The van der Waals surface area contributed by atoms with Gasteiger partial charge in [0.05, 0.1) is 26.0 Å². The van der Waals surface area contributed by atoms with Crippen LogP contribution in [0.2, 0.25) is 0 Å². The first-order valence-corrected chi connectivity index (χ1v) is 7.93. The quantitative estimate of drug-likeness (QED) is 0.552. The van der Waals surface area contributed by atoms with E-state index >= 15 is 0 Å². The lowest BCUT2D eigenvalue weighted by molar-refractivity contribution is 0.0527. The zero-order valence-electron chi connectivity index (χ0n) is 15.0. The highest BCUT2D eigenvalue weighted by molar-refractivity contribution is 5.93. The Morgan fingerprint density at radius 2 is 2.22 bits per heavy atom. The number of ether oxygens (including phenoxy) is 2. The summed E-state index contributed by atoms with van der Waals surface area (Å²) in [6.07, 6.45) is 1.23. The van der Waals surface area contributed by atoms with Gasteiger partial charge in [-0.2, -0.15) is 10.4 Å². The molecule has 0 fully saturated rings. The van der Waals surface area contributed by atoms with E-state index in [1.165, 1.54) is 20.2 Å². The van der Waals surface area contributed by atoms with Gasteiger partial charge < -0.3 is 14.6 Å². The minimum absolute atomic E-state index is 0.00211. The molecule has 2 rings (SSSR count). The van der Waals surface area contributed by atoms with Gasteiger partial charge in [-0.15, -0.1) is 10.2 Å². The second-order valence-corrected chi connectivity index (χ2v) is 5.29. The van der Waals surface area contributed by atoms with Crippen molar-refractivity contribution in [3.8, 4) is 11.9 Å². The maximum atomic E-state index is 12.6. The number of hydrogen-bond donors (Lipinski definition) is 2. The molecule has 0 spiro atoms. The molecule has 27 heavy (non-hydrogen) atoms. The molecular formula is C16H18N6O5. The first kappa shape index (κ1) is 19.8. The van der Waals surface area contributed by atoms with E-state index < -0.39 is 17.4 Å². The van der Waals surface area contributed by atoms with Crippen LogP contribution in [0.15, 0.2) is 21.2 Å². The largest absolute Gasteiger partial charge is 0.493 e. The van der Waals surface area contributed by atoms with Crippen molar-refractivity contribution in [1.82, 2.24) is 14.8 Å². The Hall–Kier alpha value is -3.52. The molecule has 0 saturated carbocycles. The van der Waals surface area contributed by atoms with Crippen LogP contribution in [0.4, 0.5) is 11.5 Å². The van der Waals surface area contributed by atoms with E-state index in [1.54, 1.807) is 6.92 Å². The molecule has 0 amide bonds. The van der Waals surface area contributed by atoms with E-state index in [0.29, 0.717) is 0 Å². The van der Waals surface area contributed by atoms with Crippen molar-refractivity contribution in [1.29, 1.82) is 5.26 Å². The summed E-state index contributed by atoms with van der Waals surface area (Å²) in [4.78, 5) is 24.5. The van der Waals surface area contributed by atoms with Gasteiger partial charge in [-0.25, -0.2) is 4.79 Å². The van der Waals surface area contributed by atoms with Crippen molar-refractivity contribution in [3.63, 3.8) is 0 Å². The average molecular weight is 374 g/mol. The van der Waals surface area contributed by atoms with Gasteiger partial charge in [0.15, 0.2) is 11.5 Å². The Balaban J connectivity index is 2.52. The minimum atomic E-state index is -0.651. The van der Waals surface area contributed by atoms with Crippen molar-refractivity contribution >= 4 is 17.5 Å². The Bertz CT molecular complexity index is 969. The molecule has 0 saturated heterocycles. The topological polar surface area (TPSA) is 155 Å². The molecule has 2 aromatic heterocycles. The van der Waals surface area contributed by atoms with Gasteiger partial charge in [0.25, 0.3) is 5.56 Å². The summed E-state index contributed by atoms with van der Waals surface area (Å²) >= 11 is 0. The predicted molar refractivity (Wildman–Crippen MR) is 92.4 cm³/mol. The highest BCUT2D eigenvalue weighted by atomic mass is 16.5. The summed E-state index contributed by atoms with van der Waals surface area (Å²) in [5.41, 5.74) is -0.686. The number of rotatable bonds is 7. The zero-order valence-corrected chi connectivity index (χ0v) is 15.0. The summed E-state index contributed by atoms with van der Waals surface area (Å²) in [5.74, 6) is -1.11. The molecule has 0 aromatic carbocycles. The Kier molecular flexibility index (Phi) is 6.40. The van der Waals surface area contributed by atoms with Crippen molar-refractivity contribution in [2.45, 2.75) is 20.4 Å². The molecule has 0 aliphatic rings. The zero-order chi connectivity index (χ0) is 20.0. The van der Waals surface area contributed by atoms with Crippen molar-refractivity contribution in [3.05, 3.63) is 33.2 Å². The second-order valence-electron chi connectivity index (χ2n) is 5.29. The number of carbonyl (C=O) groups excluding carboxylic acids is 1. The fourth-order valence-corrected chi connectivity index (χ4v) is 2.26. The van der Waals surface area contributed by atoms with Gasteiger partial charge in [-0.1, -0.05) is 0 Å². The standard InChI is InChI=1S/C16H18N6O5/c1-4-27-16(25)11-8-18-20-13(11)21-19-12-9(2)10(7-17)14(23)22(15(12)24)5-6-26-3/h8,23H,4-6H2,1-3H3,(H,18,20). The third-order valence-corrected chi connectivity index (χ3v) is 3.65. The van der Waals surface area contributed by atoms with Gasteiger partial charge in [0.1, 0.15) is 17.2 Å². The lowest BCUT2D eigenvalue weighted by Gasteiger charge is -2.12. The number of nitriles is 1. The number of nitrogens with zero attached hydrogens (tertiary/aromatic N) is 5. The molecule has 0 bridgehead atoms. The molecule has 11 nitrogen and oxygen atoms in total. The Labute approximate surface area is 153 Å². The van der Waals surface area contributed by atoms with Crippen LogP contribution in [0.5, 0.6) is 5.88 Å². The van der Waals surface area contributed by atoms with Crippen LogP contribution in [0, 0.1) is 18.3 Å². The van der Waals surface area contributed by atoms with Crippen molar-refractivity contribution in [2.24, 2.45) is 10.2 Å². The lowest BCUT2D eigenvalue weighted by atomic mass is 10.1. The van der Waals surface area contributed by atoms with Crippen molar-refractivity contribution in [2.75, 3.05) is 20.3 Å². The fraction of sp³-hybridized carbons (Fsp3) is 0.375. The van der Waals surface area contributed by atoms with Gasteiger partial charge in [0, 0.05) is 12.7 Å². The maximum absolute atomic E-state index is 12.6. The third kappa shape index (κ3) is 4.01. The third-order valence-electron chi connectivity index (χ3n) is 3.65. The predicted octanol–water partition coefficient (Wildman–Crippen LogP) is 1.70. The van der Waals surface area contributed by atoms with E-state index in [0.717, 1.165) is 4.57 Å². The number of aromatic amines is 1. The number of methoxy groups -OCH3 is 1. The molecule has 0 aliphatic heterocycles. The number of carbonyl (C=O) groups is 1. The number of nitrogens with one attached hydrogen (secondary N) is 1. The molecule has 2 aromatic rings. The number of azo groups is 1. The van der Waals surface area contributed by atoms with Crippen LogP contribution in [0.1, 0.15) is 28.4 Å². The molecule has 142 valence electrons. The van der Waals surface area contributed by atoms with E-state index in [-0.39, 0.29) is 48.0 Å². The minimum Gasteiger partial charge on any atom is -0.493 e. The molecule has 0 aliphatic carbocycles. The number of aromatic nitrogens is 3. The number of H-pyrrole nitrogens is 1. The van der Waals surface area contributed by atoms with Gasteiger partial charge in [0.2, 0.25) is 5.88 Å². The molecule has 2 N–H and O–H groups in total. The summed E-state index contributed by atoms with van der Waals surface area (Å²) in [6.45, 7) is 3.47. The van der Waals surface area contributed by atoms with Crippen LogP contribution in [0.25, 0.3) is 0 Å². The van der Waals surface area contributed by atoms with E-state index in [9.17, 15) is 20.0 Å². The fourth-order valence-electron chi connectivity index (χ4n) is 2.26. The normalized spacial score (nSPS) is 10.9. The Morgan fingerprint density at radius 1 is 1.48 bits per heavy atom. The summed E-state index contributed by atoms with van der Waals surface area (Å²) in [5, 5.41) is 33.4. The number of esters is 1. The van der Waals surface area contributed by atoms with Crippen LogP contribution in [-0.4, -0.2) is 46.2 Å². The lowest BCUT2D eigenvalue weighted by Crippen LogP contribution is -2.23. The van der Waals surface area contributed by atoms with E-state index in [4.69, 9.17) is 9.47 Å². The van der Waals surface area contributed by atoms with Crippen molar-refractivity contribution < 1.29 is 19.4 Å². The maximum Gasteiger partial charge on any atom is 0.343 e. The number of hydrogen-bond acceptors (Lipinski definition) is 9. The summed E-state index contributed by atoms with van der Waals surface area (Å²) < 4.78 is 10.8. The first-order chi connectivity index (χ1) is 13.0. The monoisotopic (exact) mass is 374 g/mol. The highest BCUT2D eigenvalue weighted by Crippen LogP contribution is 2.27. The van der Waals surface area contributed by atoms with Gasteiger partial charge in [-0.05, 0) is 13.8 Å². The summed E-state index contributed by atoms with van der Waals surface area (Å²) in [6, 6.07) is 1.84. The van der Waals surface area contributed by atoms with Gasteiger partial charge in [-0.3, -0.25) is 14.5 Å². The van der Waals surface area contributed by atoms with Gasteiger partial charge >= 0.3 is 5.97 Å². The second kappa shape index (κ2) is 8.72. The smallest absolute Gasteiger partial charge is 0.343 e. The SMILES string of the molecule is CCOC(=O)c1cn[nH]c1N=Nc1c(C)c(C#N)c(O)n(CCOC)c1=O.